The van der Waals surface area contributed by atoms with Crippen molar-refractivity contribution in [3.05, 3.63) is 23.7 Å². The van der Waals surface area contributed by atoms with Crippen LogP contribution in [0.3, 0.4) is 0 Å². The Kier molecular flexibility index (Phi) is 2.84. The number of methoxy groups -OCH3 is 1. The van der Waals surface area contributed by atoms with Crippen LogP contribution in [0.5, 0.6) is 0 Å². The van der Waals surface area contributed by atoms with Gasteiger partial charge in [-0.1, -0.05) is 0 Å². The molecule has 0 unspecified atom stereocenters. The summed E-state index contributed by atoms with van der Waals surface area (Å²) in [5.41, 5.74) is 2.60. The number of nitriles is 1. The fourth-order valence-electron chi connectivity index (χ4n) is 1.63. The first-order valence-electron chi connectivity index (χ1n) is 4.94. The molecule has 2 aromatic rings. The molecule has 5 heteroatoms. The van der Waals surface area contributed by atoms with Crippen molar-refractivity contribution in [3.8, 4) is 6.07 Å². The molecule has 0 aliphatic carbocycles. The molecular formula is C11H12N4O. The molecule has 0 aliphatic heterocycles. The van der Waals surface area contributed by atoms with E-state index >= 15 is 0 Å². The SMILES string of the molecule is COCc1nc2cc(C)cnc2n1CC#N. The molecule has 0 radical (unpaired) electrons. The van der Waals surface area contributed by atoms with Crippen LogP contribution in [0.1, 0.15) is 11.4 Å². The maximum absolute atomic E-state index is 8.78. The summed E-state index contributed by atoms with van der Waals surface area (Å²) in [4.78, 5) is 8.70. The van der Waals surface area contributed by atoms with E-state index in [9.17, 15) is 0 Å². The third-order valence-electron chi connectivity index (χ3n) is 2.30. The van der Waals surface area contributed by atoms with Crippen LogP contribution >= 0.6 is 0 Å². The molecular weight excluding hydrogens is 204 g/mol. The van der Waals surface area contributed by atoms with Crippen molar-refractivity contribution >= 4 is 11.2 Å². The minimum Gasteiger partial charge on any atom is -0.377 e. The predicted molar refractivity (Wildman–Crippen MR) is 58.6 cm³/mol. The molecule has 2 rings (SSSR count). The Morgan fingerprint density at radius 3 is 3.06 bits per heavy atom. The standard InChI is InChI=1S/C11H12N4O/c1-8-5-9-11(13-6-8)15(4-3-12)10(14-9)7-16-2/h5-6H,4,7H2,1-2H3. The summed E-state index contributed by atoms with van der Waals surface area (Å²) in [6.07, 6.45) is 1.77. The first-order valence-corrected chi connectivity index (χ1v) is 4.94. The van der Waals surface area contributed by atoms with Crippen molar-refractivity contribution in [2.24, 2.45) is 0 Å². The Labute approximate surface area is 93.3 Å². The Morgan fingerprint density at radius 1 is 1.56 bits per heavy atom. The molecule has 2 heterocycles. The second kappa shape index (κ2) is 4.29. The van der Waals surface area contributed by atoms with E-state index in [-0.39, 0.29) is 6.54 Å². The largest absolute Gasteiger partial charge is 0.377 e. The van der Waals surface area contributed by atoms with Gasteiger partial charge in [0, 0.05) is 13.3 Å². The number of aromatic nitrogens is 3. The van der Waals surface area contributed by atoms with Crippen molar-refractivity contribution in [2.45, 2.75) is 20.1 Å². The summed E-state index contributed by atoms with van der Waals surface area (Å²) >= 11 is 0. The second-order valence-electron chi connectivity index (χ2n) is 3.56. The van der Waals surface area contributed by atoms with E-state index in [0.29, 0.717) is 6.61 Å². The Bertz CT molecular complexity index is 553. The van der Waals surface area contributed by atoms with Crippen LogP contribution in [0.2, 0.25) is 0 Å². The van der Waals surface area contributed by atoms with E-state index in [1.54, 1.807) is 17.9 Å². The van der Waals surface area contributed by atoms with Crippen LogP contribution in [0.4, 0.5) is 0 Å². The second-order valence-corrected chi connectivity index (χ2v) is 3.56. The zero-order valence-electron chi connectivity index (χ0n) is 9.27. The van der Waals surface area contributed by atoms with E-state index in [1.807, 2.05) is 13.0 Å². The number of rotatable bonds is 3. The highest BCUT2D eigenvalue weighted by atomic mass is 16.5. The molecule has 0 bridgehead atoms. The molecule has 0 aromatic carbocycles. The topological polar surface area (TPSA) is 63.7 Å². The van der Waals surface area contributed by atoms with Crippen molar-refractivity contribution in [1.82, 2.24) is 14.5 Å². The molecule has 5 nitrogen and oxygen atoms in total. The number of imidazole rings is 1. The maximum Gasteiger partial charge on any atom is 0.161 e. The number of hydrogen-bond donors (Lipinski definition) is 0. The monoisotopic (exact) mass is 216 g/mol. The molecule has 0 atom stereocenters. The van der Waals surface area contributed by atoms with Crippen LogP contribution in [0.25, 0.3) is 11.2 Å². The first-order chi connectivity index (χ1) is 7.76. The number of fused-ring (bicyclic) bond motifs is 1. The van der Waals surface area contributed by atoms with Gasteiger partial charge in [-0.05, 0) is 18.6 Å². The van der Waals surface area contributed by atoms with E-state index in [0.717, 1.165) is 22.6 Å². The summed E-state index contributed by atoms with van der Waals surface area (Å²) in [7, 11) is 1.61. The van der Waals surface area contributed by atoms with Gasteiger partial charge in [-0.2, -0.15) is 5.26 Å². The first kappa shape index (κ1) is 10.6. The molecule has 0 aliphatic rings. The van der Waals surface area contributed by atoms with Crippen molar-refractivity contribution in [1.29, 1.82) is 5.26 Å². The van der Waals surface area contributed by atoms with Gasteiger partial charge >= 0.3 is 0 Å². The van der Waals surface area contributed by atoms with E-state index in [1.165, 1.54) is 0 Å². The van der Waals surface area contributed by atoms with Gasteiger partial charge in [0.1, 0.15) is 24.5 Å². The van der Waals surface area contributed by atoms with E-state index in [2.05, 4.69) is 16.0 Å². The third-order valence-corrected chi connectivity index (χ3v) is 2.30. The number of aryl methyl sites for hydroxylation is 1. The lowest BCUT2D eigenvalue weighted by Gasteiger charge is -2.02. The molecule has 0 fully saturated rings. The smallest absolute Gasteiger partial charge is 0.161 e. The van der Waals surface area contributed by atoms with Gasteiger partial charge in [-0.25, -0.2) is 9.97 Å². The molecule has 2 aromatic heterocycles. The Balaban J connectivity index is 2.61. The number of ether oxygens (including phenoxy) is 1. The average Bonchev–Trinajstić information content (AvgIpc) is 2.57. The molecule has 0 N–H and O–H groups in total. The summed E-state index contributed by atoms with van der Waals surface area (Å²) < 4.78 is 6.83. The highest BCUT2D eigenvalue weighted by molar-refractivity contribution is 5.72. The number of pyridine rings is 1. The normalized spacial score (nSPS) is 10.6. The van der Waals surface area contributed by atoms with Gasteiger partial charge in [-0.15, -0.1) is 0 Å². The van der Waals surface area contributed by atoms with Crippen LogP contribution in [-0.2, 0) is 17.9 Å². The Hall–Kier alpha value is -1.93. The Morgan fingerprint density at radius 2 is 2.38 bits per heavy atom. The van der Waals surface area contributed by atoms with Crippen molar-refractivity contribution in [3.63, 3.8) is 0 Å². The van der Waals surface area contributed by atoms with E-state index < -0.39 is 0 Å². The lowest BCUT2D eigenvalue weighted by molar-refractivity contribution is 0.175. The molecule has 0 saturated carbocycles. The summed E-state index contributed by atoms with van der Waals surface area (Å²) in [5.74, 6) is 0.733. The zero-order valence-corrected chi connectivity index (χ0v) is 9.27. The average molecular weight is 216 g/mol. The highest BCUT2D eigenvalue weighted by Crippen LogP contribution is 2.15. The fraction of sp³-hybridized carbons (Fsp3) is 0.364. The lowest BCUT2D eigenvalue weighted by atomic mass is 10.3. The van der Waals surface area contributed by atoms with Gasteiger partial charge in [0.05, 0.1) is 6.07 Å². The van der Waals surface area contributed by atoms with Crippen LogP contribution in [0.15, 0.2) is 12.3 Å². The minimum absolute atomic E-state index is 0.241. The fourth-order valence-corrected chi connectivity index (χ4v) is 1.63. The van der Waals surface area contributed by atoms with Gasteiger partial charge < -0.3 is 4.74 Å². The highest BCUT2D eigenvalue weighted by Gasteiger charge is 2.11. The molecule has 0 spiro atoms. The van der Waals surface area contributed by atoms with Crippen LogP contribution < -0.4 is 0 Å². The van der Waals surface area contributed by atoms with Gasteiger partial charge in [0.2, 0.25) is 0 Å². The van der Waals surface area contributed by atoms with Crippen molar-refractivity contribution < 1.29 is 4.74 Å². The zero-order chi connectivity index (χ0) is 11.5. The lowest BCUT2D eigenvalue weighted by Crippen LogP contribution is -2.04. The number of nitrogens with zero attached hydrogens (tertiary/aromatic N) is 4. The summed E-state index contributed by atoms with van der Waals surface area (Å²) in [5, 5.41) is 8.78. The molecule has 0 saturated heterocycles. The quantitative estimate of drug-likeness (QED) is 0.778. The maximum atomic E-state index is 8.78. The predicted octanol–water partition coefficient (Wildman–Crippen LogP) is 1.41. The minimum atomic E-state index is 0.241. The summed E-state index contributed by atoms with van der Waals surface area (Å²) in [6, 6.07) is 4.06. The molecule has 16 heavy (non-hydrogen) atoms. The van der Waals surface area contributed by atoms with Crippen molar-refractivity contribution in [2.75, 3.05) is 7.11 Å². The van der Waals surface area contributed by atoms with Crippen LogP contribution in [-0.4, -0.2) is 21.6 Å². The number of hydrogen-bond acceptors (Lipinski definition) is 4. The third kappa shape index (κ3) is 1.75. The van der Waals surface area contributed by atoms with Gasteiger partial charge in [-0.3, -0.25) is 4.57 Å². The van der Waals surface area contributed by atoms with Gasteiger partial charge in [0.25, 0.3) is 0 Å². The summed E-state index contributed by atoms with van der Waals surface area (Å²) in [6.45, 7) is 2.59. The van der Waals surface area contributed by atoms with Gasteiger partial charge in [0.15, 0.2) is 5.65 Å². The van der Waals surface area contributed by atoms with Crippen LogP contribution in [0, 0.1) is 18.3 Å². The molecule has 82 valence electrons. The van der Waals surface area contributed by atoms with E-state index in [4.69, 9.17) is 10.00 Å². The molecule has 0 amide bonds.